The zero-order valence-corrected chi connectivity index (χ0v) is 16.0. The third kappa shape index (κ3) is 3.60. The number of aromatic nitrogens is 2. The molecule has 8 heteroatoms. The van der Waals surface area contributed by atoms with Crippen LogP contribution in [0.1, 0.15) is 5.56 Å². The number of nitrogens with zero attached hydrogens (tertiary/aromatic N) is 2. The molecule has 0 saturated heterocycles. The minimum absolute atomic E-state index is 0.0538. The summed E-state index contributed by atoms with van der Waals surface area (Å²) in [4.78, 5) is 8.81. The number of anilines is 1. The van der Waals surface area contributed by atoms with E-state index in [-0.39, 0.29) is 23.2 Å². The molecule has 0 aliphatic rings. The van der Waals surface area contributed by atoms with Crippen molar-refractivity contribution in [3.05, 3.63) is 75.3 Å². The quantitative estimate of drug-likeness (QED) is 0.379. The molecule has 0 aliphatic carbocycles. The Kier molecular flexibility index (Phi) is 4.95. The largest absolute Gasteiger partial charge is 0.381 e. The summed E-state index contributed by atoms with van der Waals surface area (Å²) in [6, 6.07) is 11.2. The SMILES string of the molecule is Fc1c(-c2ccc(Cl)s2)nc2cccc(F)c2c1CNc1ccnc(Cl)c1. The van der Waals surface area contributed by atoms with Crippen LogP contribution in [0.2, 0.25) is 9.49 Å². The van der Waals surface area contributed by atoms with Crippen molar-refractivity contribution in [2.45, 2.75) is 6.54 Å². The maximum absolute atomic E-state index is 15.3. The highest BCUT2D eigenvalue weighted by Crippen LogP contribution is 2.35. The second-order valence-corrected chi connectivity index (χ2v) is 7.81. The van der Waals surface area contributed by atoms with Crippen molar-refractivity contribution >= 4 is 51.1 Å². The van der Waals surface area contributed by atoms with Crippen molar-refractivity contribution < 1.29 is 8.78 Å². The molecule has 0 radical (unpaired) electrons. The lowest BCUT2D eigenvalue weighted by atomic mass is 10.1. The smallest absolute Gasteiger partial charge is 0.156 e. The summed E-state index contributed by atoms with van der Waals surface area (Å²) in [5.41, 5.74) is 1.36. The Labute approximate surface area is 167 Å². The first-order valence-corrected chi connectivity index (χ1v) is 9.48. The highest BCUT2D eigenvalue weighted by Gasteiger charge is 2.20. The van der Waals surface area contributed by atoms with Crippen LogP contribution in [0.4, 0.5) is 14.5 Å². The highest BCUT2D eigenvalue weighted by molar-refractivity contribution is 7.19. The summed E-state index contributed by atoms with van der Waals surface area (Å²) >= 11 is 13.1. The summed E-state index contributed by atoms with van der Waals surface area (Å²) in [5.74, 6) is -1.11. The van der Waals surface area contributed by atoms with Gasteiger partial charge in [-0.3, -0.25) is 0 Å². The molecule has 3 nitrogen and oxygen atoms in total. The van der Waals surface area contributed by atoms with Crippen molar-refractivity contribution in [2.75, 3.05) is 5.32 Å². The molecule has 27 heavy (non-hydrogen) atoms. The number of rotatable bonds is 4. The predicted molar refractivity (Wildman–Crippen MR) is 107 cm³/mol. The van der Waals surface area contributed by atoms with E-state index >= 15 is 4.39 Å². The Morgan fingerprint density at radius 2 is 1.93 bits per heavy atom. The van der Waals surface area contributed by atoms with Crippen LogP contribution >= 0.6 is 34.5 Å². The van der Waals surface area contributed by atoms with Gasteiger partial charge in [-0.1, -0.05) is 29.3 Å². The summed E-state index contributed by atoms with van der Waals surface area (Å²) in [6.07, 6.45) is 1.53. The lowest BCUT2D eigenvalue weighted by molar-refractivity contribution is 0.607. The van der Waals surface area contributed by atoms with Crippen molar-refractivity contribution in [2.24, 2.45) is 0 Å². The first-order chi connectivity index (χ1) is 13.0. The van der Waals surface area contributed by atoms with Gasteiger partial charge in [-0.15, -0.1) is 11.3 Å². The molecule has 0 bridgehead atoms. The van der Waals surface area contributed by atoms with E-state index in [0.29, 0.717) is 25.6 Å². The van der Waals surface area contributed by atoms with E-state index < -0.39 is 11.6 Å². The maximum Gasteiger partial charge on any atom is 0.156 e. The number of halogens is 4. The molecule has 4 rings (SSSR count). The minimum Gasteiger partial charge on any atom is -0.381 e. The summed E-state index contributed by atoms with van der Waals surface area (Å²) in [7, 11) is 0. The Morgan fingerprint density at radius 1 is 1.07 bits per heavy atom. The van der Waals surface area contributed by atoms with Gasteiger partial charge in [0, 0.05) is 29.4 Å². The van der Waals surface area contributed by atoms with Crippen LogP contribution in [0.15, 0.2) is 48.7 Å². The van der Waals surface area contributed by atoms with Gasteiger partial charge in [0.2, 0.25) is 0 Å². The molecule has 0 amide bonds. The molecule has 1 aromatic carbocycles. The van der Waals surface area contributed by atoms with Gasteiger partial charge in [-0.25, -0.2) is 18.7 Å². The number of pyridine rings is 2. The van der Waals surface area contributed by atoms with Gasteiger partial charge in [-0.05, 0) is 36.4 Å². The second-order valence-electron chi connectivity index (χ2n) is 5.71. The van der Waals surface area contributed by atoms with E-state index in [9.17, 15) is 4.39 Å². The molecule has 4 aromatic rings. The van der Waals surface area contributed by atoms with Crippen molar-refractivity contribution in [1.82, 2.24) is 9.97 Å². The van der Waals surface area contributed by atoms with Gasteiger partial charge in [-0.2, -0.15) is 0 Å². The third-order valence-electron chi connectivity index (χ3n) is 4.00. The average molecular weight is 422 g/mol. The van der Waals surface area contributed by atoms with E-state index in [1.807, 2.05) is 0 Å². The first-order valence-electron chi connectivity index (χ1n) is 7.90. The van der Waals surface area contributed by atoms with E-state index in [0.717, 1.165) is 0 Å². The predicted octanol–water partition coefficient (Wildman–Crippen LogP) is 6.56. The zero-order chi connectivity index (χ0) is 19.0. The Bertz CT molecular complexity index is 1150. The maximum atomic E-state index is 15.3. The van der Waals surface area contributed by atoms with Gasteiger partial charge >= 0.3 is 0 Å². The van der Waals surface area contributed by atoms with Gasteiger partial charge < -0.3 is 5.32 Å². The molecule has 0 aliphatic heterocycles. The molecule has 0 unspecified atom stereocenters. The average Bonchev–Trinajstić information content (AvgIpc) is 3.07. The fourth-order valence-electron chi connectivity index (χ4n) is 2.80. The number of thiophene rings is 1. The monoisotopic (exact) mass is 421 g/mol. The van der Waals surface area contributed by atoms with Crippen molar-refractivity contribution in [3.63, 3.8) is 0 Å². The molecule has 0 spiro atoms. The van der Waals surface area contributed by atoms with Crippen LogP contribution in [0, 0.1) is 11.6 Å². The molecular weight excluding hydrogens is 411 g/mol. The van der Waals surface area contributed by atoms with Crippen LogP contribution in [0.5, 0.6) is 0 Å². The standard InChI is InChI=1S/C19H11Cl2F2N3S/c20-15-8-10(6-7-24-15)25-9-11-17-12(22)2-1-3-13(17)26-19(18(11)23)14-4-5-16(21)27-14/h1-8H,9H2,(H,24,25). The molecular formula is C19H11Cl2F2N3S. The first kappa shape index (κ1) is 18.1. The highest BCUT2D eigenvalue weighted by atomic mass is 35.5. The lowest BCUT2D eigenvalue weighted by Gasteiger charge is -2.13. The minimum atomic E-state index is -0.584. The molecule has 0 atom stereocenters. The molecule has 136 valence electrons. The summed E-state index contributed by atoms with van der Waals surface area (Å²) < 4.78 is 30.3. The number of nitrogens with one attached hydrogen (secondary N) is 1. The van der Waals surface area contributed by atoms with Crippen molar-refractivity contribution in [3.8, 4) is 10.6 Å². The number of hydrogen-bond acceptors (Lipinski definition) is 4. The molecule has 0 saturated carbocycles. The van der Waals surface area contributed by atoms with E-state index in [1.165, 1.54) is 23.6 Å². The molecule has 0 fully saturated rings. The van der Waals surface area contributed by atoms with Crippen LogP contribution in [-0.4, -0.2) is 9.97 Å². The Balaban J connectivity index is 1.84. The zero-order valence-electron chi connectivity index (χ0n) is 13.6. The number of fused-ring (bicyclic) bond motifs is 1. The van der Waals surface area contributed by atoms with Crippen molar-refractivity contribution in [1.29, 1.82) is 0 Å². The van der Waals surface area contributed by atoms with Crippen LogP contribution in [-0.2, 0) is 6.54 Å². The summed E-state index contributed by atoms with van der Waals surface area (Å²) in [5, 5.41) is 3.52. The van der Waals surface area contributed by atoms with Gasteiger partial charge in [0.15, 0.2) is 5.82 Å². The van der Waals surface area contributed by atoms with E-state index in [1.54, 1.807) is 36.4 Å². The van der Waals surface area contributed by atoms with Crippen LogP contribution < -0.4 is 5.32 Å². The van der Waals surface area contributed by atoms with Crippen LogP contribution in [0.25, 0.3) is 21.5 Å². The summed E-state index contributed by atoms with van der Waals surface area (Å²) in [6.45, 7) is 0.0538. The van der Waals surface area contributed by atoms with Gasteiger partial charge in [0.05, 0.1) is 14.7 Å². The Hall–Kier alpha value is -2.28. The topological polar surface area (TPSA) is 37.8 Å². The molecule has 1 N–H and O–H groups in total. The number of benzene rings is 1. The van der Waals surface area contributed by atoms with Crippen LogP contribution in [0.3, 0.4) is 0 Å². The number of hydrogen-bond donors (Lipinski definition) is 1. The normalized spacial score (nSPS) is 11.1. The fourth-order valence-corrected chi connectivity index (χ4v) is 4.00. The lowest BCUT2D eigenvalue weighted by Crippen LogP contribution is -2.06. The molecule has 3 aromatic heterocycles. The fraction of sp³-hybridized carbons (Fsp3) is 0.0526. The molecule has 3 heterocycles. The van der Waals surface area contributed by atoms with E-state index in [4.69, 9.17) is 23.2 Å². The Morgan fingerprint density at radius 3 is 2.67 bits per heavy atom. The third-order valence-corrected chi connectivity index (χ3v) is 5.45. The van der Waals surface area contributed by atoms with E-state index in [2.05, 4.69) is 15.3 Å². The second kappa shape index (κ2) is 7.38. The van der Waals surface area contributed by atoms with Gasteiger partial charge in [0.25, 0.3) is 0 Å². The van der Waals surface area contributed by atoms with Gasteiger partial charge in [0.1, 0.15) is 16.7 Å².